The third kappa shape index (κ3) is 2.99. The van der Waals surface area contributed by atoms with Gasteiger partial charge in [0, 0.05) is 12.1 Å². The molecular formula is C19H23NO3. The molecule has 3 rings (SSSR count). The molecule has 2 aromatic rings. The molecule has 0 spiro atoms. The zero-order chi connectivity index (χ0) is 16.2. The Morgan fingerprint density at radius 1 is 1.13 bits per heavy atom. The summed E-state index contributed by atoms with van der Waals surface area (Å²) in [5.74, 6) is 2.55. The molecular weight excluding hydrogens is 290 g/mol. The standard InChI is InChI=1S/C19H23NO3/c1-4-23-19-16-10-11-20-18(15(16)8-9-17(19)22-3)13-6-5-7-14(12-13)21-2/h5-9,12,18,20H,4,10-11H2,1-3H3. The topological polar surface area (TPSA) is 39.7 Å². The Bertz CT molecular complexity index is 684. The second-order valence-electron chi connectivity index (χ2n) is 5.51. The van der Waals surface area contributed by atoms with Crippen molar-refractivity contribution in [2.45, 2.75) is 19.4 Å². The molecule has 0 saturated heterocycles. The molecule has 1 aliphatic rings. The van der Waals surface area contributed by atoms with Crippen molar-refractivity contribution in [3.63, 3.8) is 0 Å². The van der Waals surface area contributed by atoms with E-state index >= 15 is 0 Å². The quantitative estimate of drug-likeness (QED) is 0.919. The molecule has 1 aliphatic heterocycles. The fraction of sp³-hybridized carbons (Fsp3) is 0.368. The molecule has 4 heteroatoms. The van der Waals surface area contributed by atoms with Gasteiger partial charge in [-0.25, -0.2) is 0 Å². The van der Waals surface area contributed by atoms with Crippen LogP contribution in [0.1, 0.15) is 29.7 Å². The van der Waals surface area contributed by atoms with Gasteiger partial charge in [0.2, 0.25) is 0 Å². The minimum absolute atomic E-state index is 0.138. The van der Waals surface area contributed by atoms with Crippen LogP contribution in [-0.2, 0) is 6.42 Å². The van der Waals surface area contributed by atoms with E-state index in [1.165, 1.54) is 16.7 Å². The smallest absolute Gasteiger partial charge is 0.164 e. The SMILES string of the molecule is CCOc1c(OC)ccc2c1CCNC2c1cccc(OC)c1. The molecule has 2 aromatic carbocycles. The predicted molar refractivity (Wildman–Crippen MR) is 90.7 cm³/mol. The molecule has 23 heavy (non-hydrogen) atoms. The van der Waals surface area contributed by atoms with Crippen LogP contribution in [-0.4, -0.2) is 27.4 Å². The molecule has 1 N–H and O–H groups in total. The first-order chi connectivity index (χ1) is 11.3. The molecule has 4 nitrogen and oxygen atoms in total. The van der Waals surface area contributed by atoms with Crippen LogP contribution in [0.2, 0.25) is 0 Å². The molecule has 0 aliphatic carbocycles. The molecule has 0 saturated carbocycles. The number of rotatable bonds is 5. The molecule has 0 bridgehead atoms. The maximum absolute atomic E-state index is 5.88. The van der Waals surface area contributed by atoms with Crippen molar-refractivity contribution in [2.24, 2.45) is 0 Å². The third-order valence-electron chi connectivity index (χ3n) is 4.23. The van der Waals surface area contributed by atoms with Crippen molar-refractivity contribution in [3.05, 3.63) is 53.1 Å². The summed E-state index contributed by atoms with van der Waals surface area (Å²) < 4.78 is 16.7. The Kier molecular flexibility index (Phi) is 4.72. The molecule has 0 aromatic heterocycles. The highest BCUT2D eigenvalue weighted by Crippen LogP contribution is 2.40. The zero-order valence-corrected chi connectivity index (χ0v) is 13.9. The van der Waals surface area contributed by atoms with Gasteiger partial charge in [-0.05, 0) is 42.7 Å². The summed E-state index contributed by atoms with van der Waals surface area (Å²) in [5, 5.41) is 3.60. The monoisotopic (exact) mass is 313 g/mol. The van der Waals surface area contributed by atoms with E-state index in [9.17, 15) is 0 Å². The van der Waals surface area contributed by atoms with E-state index < -0.39 is 0 Å². The average molecular weight is 313 g/mol. The Balaban J connectivity index is 2.06. The molecule has 0 fully saturated rings. The number of hydrogen-bond acceptors (Lipinski definition) is 4. The molecule has 1 atom stereocenters. The number of nitrogens with one attached hydrogen (secondary N) is 1. The molecule has 1 unspecified atom stereocenters. The summed E-state index contributed by atoms with van der Waals surface area (Å²) in [6.07, 6.45) is 0.933. The highest BCUT2D eigenvalue weighted by molar-refractivity contribution is 5.55. The summed E-state index contributed by atoms with van der Waals surface area (Å²) in [6, 6.07) is 12.5. The van der Waals surface area contributed by atoms with Gasteiger partial charge >= 0.3 is 0 Å². The lowest BCUT2D eigenvalue weighted by molar-refractivity contribution is 0.305. The van der Waals surface area contributed by atoms with Crippen LogP contribution in [0.5, 0.6) is 17.2 Å². The van der Waals surface area contributed by atoms with E-state index in [1.54, 1.807) is 14.2 Å². The van der Waals surface area contributed by atoms with Gasteiger partial charge in [-0.15, -0.1) is 0 Å². The van der Waals surface area contributed by atoms with Crippen molar-refractivity contribution in [3.8, 4) is 17.2 Å². The van der Waals surface area contributed by atoms with Crippen LogP contribution in [0.3, 0.4) is 0 Å². The minimum Gasteiger partial charge on any atom is -0.497 e. The predicted octanol–water partition coefficient (Wildman–Crippen LogP) is 3.34. The number of benzene rings is 2. The summed E-state index contributed by atoms with van der Waals surface area (Å²) in [5.41, 5.74) is 3.67. The van der Waals surface area contributed by atoms with Crippen molar-refractivity contribution in [2.75, 3.05) is 27.4 Å². The second-order valence-corrected chi connectivity index (χ2v) is 5.51. The van der Waals surface area contributed by atoms with Gasteiger partial charge in [-0.1, -0.05) is 18.2 Å². The van der Waals surface area contributed by atoms with Crippen LogP contribution in [0.4, 0.5) is 0 Å². The van der Waals surface area contributed by atoms with Gasteiger partial charge in [0.15, 0.2) is 11.5 Å². The number of ether oxygens (including phenoxy) is 3. The van der Waals surface area contributed by atoms with E-state index in [0.717, 1.165) is 30.2 Å². The van der Waals surface area contributed by atoms with Gasteiger partial charge in [-0.2, -0.15) is 0 Å². The maximum Gasteiger partial charge on any atom is 0.164 e. The highest BCUT2D eigenvalue weighted by atomic mass is 16.5. The fourth-order valence-corrected chi connectivity index (χ4v) is 3.18. The summed E-state index contributed by atoms with van der Waals surface area (Å²) >= 11 is 0. The minimum atomic E-state index is 0.138. The molecule has 0 radical (unpaired) electrons. The van der Waals surface area contributed by atoms with E-state index in [2.05, 4.69) is 23.5 Å². The Labute approximate surface area is 137 Å². The number of methoxy groups -OCH3 is 2. The van der Waals surface area contributed by atoms with E-state index in [-0.39, 0.29) is 6.04 Å². The Morgan fingerprint density at radius 3 is 2.74 bits per heavy atom. The van der Waals surface area contributed by atoms with Gasteiger partial charge < -0.3 is 19.5 Å². The fourth-order valence-electron chi connectivity index (χ4n) is 3.18. The average Bonchev–Trinajstić information content (AvgIpc) is 2.61. The lowest BCUT2D eigenvalue weighted by atomic mass is 9.89. The van der Waals surface area contributed by atoms with E-state index in [0.29, 0.717) is 6.61 Å². The summed E-state index contributed by atoms with van der Waals surface area (Å²) in [4.78, 5) is 0. The lowest BCUT2D eigenvalue weighted by Crippen LogP contribution is -2.31. The first kappa shape index (κ1) is 15.7. The normalized spacial score (nSPS) is 16.6. The number of hydrogen-bond donors (Lipinski definition) is 1. The van der Waals surface area contributed by atoms with Gasteiger partial charge in [0.05, 0.1) is 26.9 Å². The molecule has 122 valence electrons. The van der Waals surface area contributed by atoms with Crippen LogP contribution in [0.15, 0.2) is 36.4 Å². The largest absolute Gasteiger partial charge is 0.497 e. The summed E-state index contributed by atoms with van der Waals surface area (Å²) in [6.45, 7) is 3.53. The second kappa shape index (κ2) is 6.92. The van der Waals surface area contributed by atoms with Gasteiger partial charge in [0.25, 0.3) is 0 Å². The van der Waals surface area contributed by atoms with Crippen molar-refractivity contribution in [1.82, 2.24) is 5.32 Å². The van der Waals surface area contributed by atoms with E-state index in [1.807, 2.05) is 25.1 Å². The van der Waals surface area contributed by atoms with Crippen molar-refractivity contribution < 1.29 is 14.2 Å². The van der Waals surface area contributed by atoms with Crippen molar-refractivity contribution >= 4 is 0 Å². The number of fused-ring (bicyclic) bond motifs is 1. The molecule has 1 heterocycles. The Morgan fingerprint density at radius 2 is 2.00 bits per heavy atom. The lowest BCUT2D eigenvalue weighted by Gasteiger charge is -2.29. The zero-order valence-electron chi connectivity index (χ0n) is 13.9. The first-order valence-electron chi connectivity index (χ1n) is 7.98. The van der Waals surface area contributed by atoms with Crippen LogP contribution in [0.25, 0.3) is 0 Å². The van der Waals surface area contributed by atoms with Crippen molar-refractivity contribution in [1.29, 1.82) is 0 Å². The van der Waals surface area contributed by atoms with Crippen LogP contribution >= 0.6 is 0 Å². The van der Waals surface area contributed by atoms with Crippen LogP contribution < -0.4 is 19.5 Å². The van der Waals surface area contributed by atoms with Gasteiger partial charge in [-0.3, -0.25) is 0 Å². The first-order valence-corrected chi connectivity index (χ1v) is 7.98. The van der Waals surface area contributed by atoms with Crippen LogP contribution in [0, 0.1) is 0 Å². The molecule has 0 amide bonds. The highest BCUT2D eigenvalue weighted by Gasteiger charge is 2.26. The van der Waals surface area contributed by atoms with E-state index in [4.69, 9.17) is 14.2 Å². The van der Waals surface area contributed by atoms with Gasteiger partial charge in [0.1, 0.15) is 5.75 Å². The summed E-state index contributed by atoms with van der Waals surface area (Å²) in [7, 11) is 3.38. The third-order valence-corrected chi connectivity index (χ3v) is 4.23. The Hall–Kier alpha value is -2.20. The maximum atomic E-state index is 5.88.